The predicted octanol–water partition coefficient (Wildman–Crippen LogP) is 4.05. The summed E-state index contributed by atoms with van der Waals surface area (Å²) in [5.74, 6) is -0.373. The molecule has 0 radical (unpaired) electrons. The number of nitrogens with one attached hydrogen (secondary N) is 1. The van der Waals surface area contributed by atoms with Crippen LogP contribution in [0.4, 0.5) is 11.4 Å². The fourth-order valence-electron chi connectivity index (χ4n) is 2.76. The number of hydrogen-bond acceptors (Lipinski definition) is 4. The number of aromatic nitrogens is 2. The summed E-state index contributed by atoms with van der Waals surface area (Å²) in [6, 6.07) is 15.5. The molecule has 1 heterocycles. The number of nitrogens with zero attached hydrogens (tertiary/aromatic N) is 3. The van der Waals surface area contributed by atoms with E-state index in [4.69, 9.17) is 0 Å². The van der Waals surface area contributed by atoms with Gasteiger partial charge in [-0.1, -0.05) is 24.3 Å². The van der Waals surface area contributed by atoms with Crippen molar-refractivity contribution >= 4 is 23.4 Å². The minimum atomic E-state index is -0.504. The van der Waals surface area contributed by atoms with Crippen molar-refractivity contribution in [2.45, 2.75) is 13.8 Å². The molecule has 0 aliphatic heterocycles. The number of hydrogen-bond donors (Lipinski definition) is 1. The lowest BCUT2D eigenvalue weighted by Crippen LogP contribution is -2.08. The van der Waals surface area contributed by atoms with Crippen molar-refractivity contribution < 1.29 is 9.72 Å². The highest BCUT2D eigenvalue weighted by Crippen LogP contribution is 2.20. The number of aryl methyl sites for hydroxylation is 1. The second kappa shape index (κ2) is 7.65. The SMILES string of the molecule is Cc1nn(-c2ccccc2)c(C)c1/C=C/C(=O)Nc1cccc([N+](=O)[O-])c1. The molecule has 7 heteroatoms. The van der Waals surface area contributed by atoms with Crippen LogP contribution in [0.15, 0.2) is 60.7 Å². The molecule has 27 heavy (non-hydrogen) atoms. The van der Waals surface area contributed by atoms with Gasteiger partial charge in [-0.05, 0) is 38.1 Å². The molecule has 0 unspecified atom stereocenters. The lowest BCUT2D eigenvalue weighted by Gasteiger charge is -2.04. The zero-order valence-corrected chi connectivity index (χ0v) is 14.9. The second-order valence-corrected chi connectivity index (χ2v) is 5.96. The van der Waals surface area contributed by atoms with Gasteiger partial charge in [0.05, 0.1) is 16.3 Å². The van der Waals surface area contributed by atoms with E-state index in [0.29, 0.717) is 5.69 Å². The predicted molar refractivity (Wildman–Crippen MR) is 104 cm³/mol. The van der Waals surface area contributed by atoms with Crippen LogP contribution >= 0.6 is 0 Å². The van der Waals surface area contributed by atoms with E-state index in [-0.39, 0.29) is 11.6 Å². The summed E-state index contributed by atoms with van der Waals surface area (Å²) in [5.41, 5.74) is 3.81. The van der Waals surface area contributed by atoms with Crippen LogP contribution in [0.25, 0.3) is 11.8 Å². The minimum absolute atomic E-state index is 0.0763. The van der Waals surface area contributed by atoms with Crippen molar-refractivity contribution in [3.05, 3.63) is 87.7 Å². The van der Waals surface area contributed by atoms with E-state index in [1.807, 2.05) is 48.9 Å². The van der Waals surface area contributed by atoms with Crippen LogP contribution in [-0.4, -0.2) is 20.6 Å². The van der Waals surface area contributed by atoms with Gasteiger partial charge in [-0.15, -0.1) is 0 Å². The van der Waals surface area contributed by atoms with Gasteiger partial charge in [0, 0.05) is 35.2 Å². The molecule has 3 rings (SSSR count). The zero-order chi connectivity index (χ0) is 19.4. The fraction of sp³-hybridized carbons (Fsp3) is 0.100. The van der Waals surface area contributed by atoms with Crippen LogP contribution in [-0.2, 0) is 4.79 Å². The van der Waals surface area contributed by atoms with Gasteiger partial charge in [0.15, 0.2) is 0 Å². The van der Waals surface area contributed by atoms with E-state index in [1.54, 1.807) is 12.1 Å². The minimum Gasteiger partial charge on any atom is -0.322 e. The summed E-state index contributed by atoms with van der Waals surface area (Å²) in [6.07, 6.45) is 3.09. The molecule has 7 nitrogen and oxygen atoms in total. The lowest BCUT2D eigenvalue weighted by atomic mass is 10.2. The first-order valence-electron chi connectivity index (χ1n) is 8.31. The molecule has 0 saturated heterocycles. The molecule has 0 fully saturated rings. The van der Waals surface area contributed by atoms with Crippen molar-refractivity contribution in [3.8, 4) is 5.69 Å². The van der Waals surface area contributed by atoms with E-state index in [1.165, 1.54) is 24.3 Å². The summed E-state index contributed by atoms with van der Waals surface area (Å²) in [4.78, 5) is 22.5. The molecule has 0 aliphatic rings. The number of benzene rings is 2. The molecule has 0 atom stereocenters. The normalized spacial score (nSPS) is 10.9. The first-order chi connectivity index (χ1) is 13.0. The summed E-state index contributed by atoms with van der Waals surface area (Å²) in [6.45, 7) is 3.82. The van der Waals surface area contributed by atoms with E-state index in [9.17, 15) is 14.9 Å². The number of amides is 1. The van der Waals surface area contributed by atoms with Crippen LogP contribution in [0.3, 0.4) is 0 Å². The van der Waals surface area contributed by atoms with Crippen molar-refractivity contribution in [2.75, 3.05) is 5.32 Å². The highest BCUT2D eigenvalue weighted by atomic mass is 16.6. The van der Waals surface area contributed by atoms with Crippen molar-refractivity contribution in [1.29, 1.82) is 0 Å². The van der Waals surface area contributed by atoms with E-state index in [0.717, 1.165) is 22.6 Å². The highest BCUT2D eigenvalue weighted by Gasteiger charge is 2.11. The Balaban J connectivity index is 1.78. The van der Waals surface area contributed by atoms with Crippen LogP contribution < -0.4 is 5.32 Å². The Kier molecular flexibility index (Phi) is 5.12. The molecule has 1 amide bonds. The van der Waals surface area contributed by atoms with E-state index in [2.05, 4.69) is 10.4 Å². The molecule has 1 N–H and O–H groups in total. The Morgan fingerprint density at radius 2 is 1.89 bits per heavy atom. The number of carbonyl (C=O) groups excluding carboxylic acids is 1. The number of nitro benzene ring substituents is 1. The quantitative estimate of drug-likeness (QED) is 0.421. The molecule has 0 aliphatic carbocycles. The fourth-order valence-corrected chi connectivity index (χ4v) is 2.76. The topological polar surface area (TPSA) is 90.1 Å². The van der Waals surface area contributed by atoms with Crippen molar-refractivity contribution in [2.24, 2.45) is 0 Å². The van der Waals surface area contributed by atoms with Crippen LogP contribution in [0.5, 0.6) is 0 Å². The third-order valence-electron chi connectivity index (χ3n) is 4.07. The number of non-ortho nitro benzene ring substituents is 1. The van der Waals surface area contributed by atoms with Crippen LogP contribution in [0.1, 0.15) is 17.0 Å². The Labute approximate surface area is 156 Å². The third-order valence-corrected chi connectivity index (χ3v) is 4.07. The maximum absolute atomic E-state index is 12.2. The van der Waals surface area contributed by atoms with Gasteiger partial charge >= 0.3 is 0 Å². The monoisotopic (exact) mass is 362 g/mol. The molecule has 1 aromatic heterocycles. The van der Waals surface area contributed by atoms with Gasteiger partial charge in [0.1, 0.15) is 0 Å². The summed E-state index contributed by atoms with van der Waals surface area (Å²) in [5, 5.41) is 18.0. The number of para-hydroxylation sites is 1. The molecule has 136 valence electrons. The average Bonchev–Trinajstić information content (AvgIpc) is 2.95. The second-order valence-electron chi connectivity index (χ2n) is 5.96. The molecular weight excluding hydrogens is 344 g/mol. The lowest BCUT2D eigenvalue weighted by molar-refractivity contribution is -0.384. The Bertz CT molecular complexity index is 1020. The Hall–Kier alpha value is -3.74. The molecule has 0 bridgehead atoms. The van der Waals surface area contributed by atoms with Gasteiger partial charge in [-0.25, -0.2) is 4.68 Å². The standard InChI is InChI=1S/C20H18N4O3/c1-14-19(15(2)23(22-14)17-8-4-3-5-9-17)11-12-20(25)21-16-7-6-10-18(13-16)24(26)27/h3-13H,1-2H3,(H,21,25)/b12-11+. The summed E-state index contributed by atoms with van der Waals surface area (Å²) < 4.78 is 1.83. The molecular formula is C20H18N4O3. The summed E-state index contributed by atoms with van der Waals surface area (Å²) >= 11 is 0. The number of rotatable bonds is 5. The molecule has 0 spiro atoms. The van der Waals surface area contributed by atoms with Crippen molar-refractivity contribution in [1.82, 2.24) is 9.78 Å². The zero-order valence-electron chi connectivity index (χ0n) is 14.9. The number of nitro groups is 1. The average molecular weight is 362 g/mol. The van der Waals surface area contributed by atoms with Gasteiger partial charge in [0.25, 0.3) is 5.69 Å². The van der Waals surface area contributed by atoms with E-state index >= 15 is 0 Å². The smallest absolute Gasteiger partial charge is 0.271 e. The maximum Gasteiger partial charge on any atom is 0.271 e. The van der Waals surface area contributed by atoms with Gasteiger partial charge in [-0.2, -0.15) is 5.10 Å². The Morgan fingerprint density at radius 3 is 2.59 bits per heavy atom. The molecule has 3 aromatic rings. The van der Waals surface area contributed by atoms with Gasteiger partial charge in [0.2, 0.25) is 5.91 Å². The maximum atomic E-state index is 12.2. The molecule has 0 saturated carbocycles. The van der Waals surface area contributed by atoms with Gasteiger partial charge in [-0.3, -0.25) is 14.9 Å². The first kappa shape index (κ1) is 18.1. The van der Waals surface area contributed by atoms with E-state index < -0.39 is 4.92 Å². The number of anilines is 1. The largest absolute Gasteiger partial charge is 0.322 e. The highest BCUT2D eigenvalue weighted by molar-refractivity contribution is 6.02. The third kappa shape index (κ3) is 4.09. The summed E-state index contributed by atoms with van der Waals surface area (Å²) in [7, 11) is 0. The Morgan fingerprint density at radius 1 is 1.15 bits per heavy atom. The first-order valence-corrected chi connectivity index (χ1v) is 8.31. The van der Waals surface area contributed by atoms with Crippen LogP contribution in [0.2, 0.25) is 0 Å². The number of carbonyl (C=O) groups is 1. The molecule has 2 aromatic carbocycles. The van der Waals surface area contributed by atoms with Gasteiger partial charge < -0.3 is 5.32 Å². The van der Waals surface area contributed by atoms with Crippen LogP contribution in [0, 0.1) is 24.0 Å². The van der Waals surface area contributed by atoms with Crippen molar-refractivity contribution in [3.63, 3.8) is 0 Å².